The van der Waals surface area contributed by atoms with Crippen LogP contribution in [0.1, 0.15) is 38.4 Å². The number of hydrogen-bond acceptors (Lipinski definition) is 4. The summed E-state index contributed by atoms with van der Waals surface area (Å²) < 4.78 is 0. The Hall–Kier alpha value is -2.12. The Morgan fingerprint density at radius 2 is 2.25 bits per heavy atom. The monoisotopic (exact) mass is 283 g/mol. The fourth-order valence-corrected chi connectivity index (χ4v) is 1.68. The van der Waals surface area contributed by atoms with Crippen molar-refractivity contribution in [3.05, 3.63) is 12.2 Å². The minimum Gasteiger partial charge on any atom is -0.480 e. The first-order valence-electron chi connectivity index (χ1n) is 6.75. The number of urea groups is 1. The number of nitrogens with zero attached hydrogens (tertiary/aromatic N) is 2. The number of rotatable bonds is 9. The Kier molecular flexibility index (Phi) is 7.08. The van der Waals surface area contributed by atoms with Crippen LogP contribution < -0.4 is 10.6 Å². The fourth-order valence-electron chi connectivity index (χ4n) is 1.68. The number of aromatic nitrogens is 3. The van der Waals surface area contributed by atoms with Gasteiger partial charge in [0.2, 0.25) is 0 Å². The van der Waals surface area contributed by atoms with Crippen molar-refractivity contribution in [2.75, 3.05) is 6.54 Å². The highest BCUT2D eigenvalue weighted by Crippen LogP contribution is 2.00. The molecule has 0 fully saturated rings. The van der Waals surface area contributed by atoms with Gasteiger partial charge in [-0.2, -0.15) is 5.10 Å². The quantitative estimate of drug-likeness (QED) is 0.497. The van der Waals surface area contributed by atoms with Gasteiger partial charge in [0.25, 0.3) is 0 Å². The molecule has 8 heteroatoms. The van der Waals surface area contributed by atoms with E-state index in [4.69, 9.17) is 5.11 Å². The van der Waals surface area contributed by atoms with Crippen LogP contribution >= 0.6 is 0 Å². The highest BCUT2D eigenvalue weighted by Gasteiger charge is 2.18. The first-order valence-corrected chi connectivity index (χ1v) is 6.75. The first-order chi connectivity index (χ1) is 9.63. The molecule has 1 rings (SSSR count). The van der Waals surface area contributed by atoms with Gasteiger partial charge in [-0.1, -0.05) is 19.8 Å². The number of amides is 2. The normalized spacial score (nSPS) is 11.8. The SMILES string of the molecule is CCCC[C@H](NC(=O)NCCCc1ncn[nH]1)C(=O)O. The van der Waals surface area contributed by atoms with Gasteiger partial charge < -0.3 is 15.7 Å². The zero-order chi connectivity index (χ0) is 14.8. The van der Waals surface area contributed by atoms with Crippen LogP contribution in [0.3, 0.4) is 0 Å². The Bertz CT molecular complexity index is 407. The number of carbonyl (C=O) groups excluding carboxylic acids is 1. The molecule has 0 unspecified atom stereocenters. The molecular weight excluding hydrogens is 262 g/mol. The standard InChI is InChI=1S/C12H21N5O3/c1-2-3-5-9(11(18)19)16-12(20)13-7-4-6-10-14-8-15-17-10/h8-9H,2-7H2,1H3,(H,18,19)(H2,13,16,20)(H,14,15,17)/t9-/m0/s1. The molecule has 4 N–H and O–H groups in total. The number of carboxylic acid groups (broad SMARTS) is 1. The molecule has 1 heterocycles. The molecule has 0 aliphatic rings. The molecule has 1 aromatic rings. The summed E-state index contributed by atoms with van der Waals surface area (Å²) in [4.78, 5) is 26.5. The molecule has 0 radical (unpaired) electrons. The predicted octanol–water partition coefficient (Wildman–Crippen LogP) is 0.680. The number of hydrogen-bond donors (Lipinski definition) is 4. The zero-order valence-electron chi connectivity index (χ0n) is 11.6. The van der Waals surface area contributed by atoms with Gasteiger partial charge in [-0.25, -0.2) is 14.6 Å². The van der Waals surface area contributed by atoms with Gasteiger partial charge in [-0.05, 0) is 12.8 Å². The van der Waals surface area contributed by atoms with Crippen molar-refractivity contribution >= 4 is 12.0 Å². The molecule has 8 nitrogen and oxygen atoms in total. The maximum Gasteiger partial charge on any atom is 0.326 e. The van der Waals surface area contributed by atoms with Gasteiger partial charge in [-0.15, -0.1) is 0 Å². The van der Waals surface area contributed by atoms with Gasteiger partial charge in [0.05, 0.1) is 0 Å². The maximum absolute atomic E-state index is 11.6. The summed E-state index contributed by atoms with van der Waals surface area (Å²) in [7, 11) is 0. The molecule has 0 aliphatic heterocycles. The van der Waals surface area contributed by atoms with Crippen molar-refractivity contribution < 1.29 is 14.7 Å². The Labute approximate surface area is 117 Å². The number of H-pyrrole nitrogens is 1. The zero-order valence-corrected chi connectivity index (χ0v) is 11.6. The van der Waals surface area contributed by atoms with Crippen LogP contribution in [0, 0.1) is 0 Å². The summed E-state index contributed by atoms with van der Waals surface area (Å²) in [5.41, 5.74) is 0. The summed E-state index contributed by atoms with van der Waals surface area (Å²) in [6.07, 6.45) is 4.92. The summed E-state index contributed by atoms with van der Waals surface area (Å²) in [6.45, 7) is 2.43. The number of aliphatic carboxylic acids is 1. The predicted molar refractivity (Wildman–Crippen MR) is 72.2 cm³/mol. The van der Waals surface area contributed by atoms with Crippen molar-refractivity contribution in [1.29, 1.82) is 0 Å². The first kappa shape index (κ1) is 15.9. The molecule has 0 saturated heterocycles. The third-order valence-corrected chi connectivity index (χ3v) is 2.79. The summed E-state index contributed by atoms with van der Waals surface area (Å²) in [5, 5.41) is 20.5. The van der Waals surface area contributed by atoms with Crippen LogP contribution in [-0.2, 0) is 11.2 Å². The average molecular weight is 283 g/mol. The third-order valence-electron chi connectivity index (χ3n) is 2.79. The Morgan fingerprint density at radius 3 is 2.85 bits per heavy atom. The topological polar surface area (TPSA) is 120 Å². The Morgan fingerprint density at radius 1 is 1.45 bits per heavy atom. The van der Waals surface area contributed by atoms with E-state index in [9.17, 15) is 9.59 Å². The molecule has 0 saturated carbocycles. The van der Waals surface area contributed by atoms with Crippen molar-refractivity contribution in [3.8, 4) is 0 Å². The lowest BCUT2D eigenvalue weighted by molar-refractivity contribution is -0.139. The van der Waals surface area contributed by atoms with Gasteiger partial charge in [0, 0.05) is 13.0 Å². The molecule has 1 aromatic heterocycles. The number of unbranched alkanes of at least 4 members (excludes halogenated alkanes) is 1. The van der Waals surface area contributed by atoms with E-state index < -0.39 is 18.0 Å². The van der Waals surface area contributed by atoms with E-state index in [0.717, 1.165) is 18.7 Å². The van der Waals surface area contributed by atoms with E-state index in [-0.39, 0.29) is 0 Å². The van der Waals surface area contributed by atoms with Crippen molar-refractivity contribution in [2.45, 2.75) is 45.1 Å². The van der Waals surface area contributed by atoms with Crippen LogP contribution in [0.25, 0.3) is 0 Å². The van der Waals surface area contributed by atoms with Crippen LogP contribution in [-0.4, -0.2) is 44.9 Å². The summed E-state index contributed by atoms with van der Waals surface area (Å²) in [6, 6.07) is -1.28. The molecule has 0 aromatic carbocycles. The highest BCUT2D eigenvalue weighted by atomic mass is 16.4. The van der Waals surface area contributed by atoms with Gasteiger partial charge >= 0.3 is 12.0 Å². The van der Waals surface area contributed by atoms with E-state index in [2.05, 4.69) is 25.8 Å². The van der Waals surface area contributed by atoms with Gasteiger partial charge in [0.15, 0.2) is 0 Å². The second-order valence-electron chi connectivity index (χ2n) is 4.47. The Balaban J connectivity index is 2.18. The molecule has 112 valence electrons. The molecule has 1 atom stereocenters. The summed E-state index contributed by atoms with van der Waals surface area (Å²) in [5.74, 6) is -0.242. The van der Waals surface area contributed by atoms with E-state index in [0.29, 0.717) is 25.8 Å². The van der Waals surface area contributed by atoms with Crippen molar-refractivity contribution in [1.82, 2.24) is 25.8 Å². The molecule has 0 bridgehead atoms. The van der Waals surface area contributed by atoms with Crippen molar-refractivity contribution in [3.63, 3.8) is 0 Å². The van der Waals surface area contributed by atoms with Crippen LogP contribution in [0.5, 0.6) is 0 Å². The highest BCUT2D eigenvalue weighted by molar-refractivity contribution is 5.82. The number of nitrogens with one attached hydrogen (secondary N) is 3. The number of carbonyl (C=O) groups is 2. The van der Waals surface area contributed by atoms with Crippen molar-refractivity contribution in [2.24, 2.45) is 0 Å². The second-order valence-corrected chi connectivity index (χ2v) is 4.47. The molecule has 0 spiro atoms. The second kappa shape index (κ2) is 8.89. The molecular formula is C12H21N5O3. The average Bonchev–Trinajstić information content (AvgIpc) is 2.92. The summed E-state index contributed by atoms with van der Waals surface area (Å²) >= 11 is 0. The maximum atomic E-state index is 11.6. The van der Waals surface area contributed by atoms with Gasteiger partial charge in [-0.3, -0.25) is 5.10 Å². The van der Waals surface area contributed by atoms with Gasteiger partial charge in [0.1, 0.15) is 18.2 Å². The van der Waals surface area contributed by atoms with Crippen LogP contribution in [0.4, 0.5) is 4.79 Å². The fraction of sp³-hybridized carbons (Fsp3) is 0.667. The van der Waals surface area contributed by atoms with Crippen LogP contribution in [0.2, 0.25) is 0 Å². The number of carboxylic acids is 1. The number of aryl methyl sites for hydroxylation is 1. The molecule has 0 aliphatic carbocycles. The lowest BCUT2D eigenvalue weighted by atomic mass is 10.1. The third kappa shape index (κ3) is 6.17. The van der Waals surface area contributed by atoms with E-state index in [1.54, 1.807) is 0 Å². The van der Waals surface area contributed by atoms with E-state index in [1.807, 2.05) is 6.92 Å². The lowest BCUT2D eigenvalue weighted by Crippen LogP contribution is -2.46. The number of aromatic amines is 1. The van der Waals surface area contributed by atoms with Crippen LogP contribution in [0.15, 0.2) is 6.33 Å². The van der Waals surface area contributed by atoms with E-state index >= 15 is 0 Å². The minimum atomic E-state index is -1.00. The lowest BCUT2D eigenvalue weighted by Gasteiger charge is -2.14. The largest absolute Gasteiger partial charge is 0.480 e. The van der Waals surface area contributed by atoms with E-state index in [1.165, 1.54) is 6.33 Å². The molecule has 20 heavy (non-hydrogen) atoms. The molecule has 2 amide bonds. The smallest absolute Gasteiger partial charge is 0.326 e. The minimum absolute atomic E-state index is 0.442.